The average Bonchev–Trinajstić information content (AvgIpc) is 2.96. The number of hydrogen-bond acceptors (Lipinski definition) is 10. The van der Waals surface area contributed by atoms with Gasteiger partial charge in [-0.05, 0) is 43.3 Å². The lowest BCUT2D eigenvalue weighted by molar-refractivity contribution is -0.294. The number of aliphatic hydroxyl groups is 3. The molecule has 42 heavy (non-hydrogen) atoms. The van der Waals surface area contributed by atoms with Crippen LogP contribution in [-0.2, 0) is 20.4 Å². The van der Waals surface area contributed by atoms with E-state index < -0.39 is 48.4 Å². The molecule has 0 aromatic heterocycles. The van der Waals surface area contributed by atoms with Crippen LogP contribution >= 0.6 is 11.8 Å². The Morgan fingerprint density at radius 1 is 0.905 bits per heavy atom. The van der Waals surface area contributed by atoms with Gasteiger partial charge in [-0.3, -0.25) is 4.90 Å². The monoisotopic (exact) mass is 613 g/mol. The molecule has 14 heteroatoms. The molecule has 4 N–H and O–H groups in total. The molecule has 10 nitrogen and oxygen atoms in total. The Bertz CT molecular complexity index is 1250. The van der Waals surface area contributed by atoms with Gasteiger partial charge in [0, 0.05) is 49.1 Å². The SMILES string of the molecule is O=C(O)[C@@H]1O[C@H](OCCN2CCN(CCCN3c4ccccc4Sc4ccc(C(F)(F)F)cc43)CC2)[C@@H](O)[C@H](O)[C@H]1O. The molecule has 2 aromatic rings. The zero-order chi connectivity index (χ0) is 30.0. The van der Waals surface area contributed by atoms with Crippen LogP contribution in [0.25, 0.3) is 0 Å². The molecule has 3 heterocycles. The number of aliphatic hydroxyl groups excluding tert-OH is 3. The number of benzene rings is 2. The number of carbonyl (C=O) groups is 1. The van der Waals surface area contributed by atoms with Gasteiger partial charge in [0.1, 0.15) is 18.3 Å². The van der Waals surface area contributed by atoms with Crippen molar-refractivity contribution in [2.75, 3.05) is 57.3 Å². The molecule has 5 rings (SSSR count). The van der Waals surface area contributed by atoms with Crippen molar-refractivity contribution in [3.8, 4) is 0 Å². The minimum absolute atomic E-state index is 0.128. The molecule has 3 aliphatic rings. The lowest BCUT2D eigenvalue weighted by Crippen LogP contribution is -2.60. The fraction of sp³-hybridized carbons (Fsp3) is 0.536. The molecule has 0 aliphatic carbocycles. The molecule has 0 bridgehead atoms. The van der Waals surface area contributed by atoms with Gasteiger partial charge in [-0.15, -0.1) is 0 Å². The summed E-state index contributed by atoms with van der Waals surface area (Å²) >= 11 is 1.48. The molecule has 0 unspecified atom stereocenters. The highest BCUT2D eigenvalue weighted by Gasteiger charge is 2.47. The van der Waals surface area contributed by atoms with Gasteiger partial charge >= 0.3 is 12.1 Å². The van der Waals surface area contributed by atoms with E-state index in [0.29, 0.717) is 18.8 Å². The summed E-state index contributed by atoms with van der Waals surface area (Å²) in [6, 6.07) is 11.7. The minimum atomic E-state index is -4.42. The number of halogens is 3. The van der Waals surface area contributed by atoms with Crippen molar-refractivity contribution in [1.29, 1.82) is 0 Å². The molecule has 2 saturated heterocycles. The number of nitrogens with zero attached hydrogens (tertiary/aromatic N) is 3. The molecule has 0 amide bonds. The van der Waals surface area contributed by atoms with Gasteiger partial charge < -0.3 is 39.7 Å². The Hall–Kier alpha value is -2.43. The van der Waals surface area contributed by atoms with Gasteiger partial charge in [-0.25, -0.2) is 4.79 Å². The molecule has 0 spiro atoms. The second-order valence-electron chi connectivity index (χ2n) is 10.5. The van der Waals surface area contributed by atoms with Crippen LogP contribution in [0.5, 0.6) is 0 Å². The summed E-state index contributed by atoms with van der Waals surface area (Å²) in [5.41, 5.74) is 0.816. The molecular formula is C28H34F3N3O7S. The van der Waals surface area contributed by atoms with E-state index in [1.165, 1.54) is 17.8 Å². The highest BCUT2D eigenvalue weighted by Crippen LogP contribution is 2.49. The zero-order valence-corrected chi connectivity index (χ0v) is 23.5. The van der Waals surface area contributed by atoms with Crippen LogP contribution in [-0.4, -0.2) is 119 Å². The number of ether oxygens (including phenoxy) is 2. The van der Waals surface area contributed by atoms with Gasteiger partial charge in [-0.2, -0.15) is 13.2 Å². The average molecular weight is 614 g/mol. The fourth-order valence-electron chi connectivity index (χ4n) is 5.42. The molecule has 0 saturated carbocycles. The van der Waals surface area contributed by atoms with E-state index in [1.807, 2.05) is 29.2 Å². The number of carboxylic acids is 1. The number of fused-ring (bicyclic) bond motifs is 2. The first-order valence-corrected chi connectivity index (χ1v) is 14.6. The molecule has 230 valence electrons. The number of piperazine rings is 1. The van der Waals surface area contributed by atoms with Crippen molar-refractivity contribution in [1.82, 2.24) is 9.80 Å². The van der Waals surface area contributed by atoms with Gasteiger partial charge in [0.05, 0.1) is 23.5 Å². The summed E-state index contributed by atoms with van der Waals surface area (Å²) < 4.78 is 51.1. The summed E-state index contributed by atoms with van der Waals surface area (Å²) in [6.45, 7) is 5.05. The quantitative estimate of drug-likeness (QED) is 0.333. The number of carboxylic acid groups (broad SMARTS) is 1. The lowest BCUT2D eigenvalue weighted by Gasteiger charge is -2.39. The zero-order valence-electron chi connectivity index (χ0n) is 22.7. The third-order valence-corrected chi connectivity index (χ3v) is 8.91. The Morgan fingerprint density at radius 2 is 1.57 bits per heavy atom. The predicted octanol–water partition coefficient (Wildman–Crippen LogP) is 2.22. The minimum Gasteiger partial charge on any atom is -0.479 e. The fourth-order valence-corrected chi connectivity index (χ4v) is 6.50. The first-order chi connectivity index (χ1) is 20.0. The van der Waals surface area contributed by atoms with Crippen LogP contribution in [0.15, 0.2) is 52.3 Å². The van der Waals surface area contributed by atoms with E-state index in [9.17, 15) is 33.3 Å². The third kappa shape index (κ3) is 6.86. The van der Waals surface area contributed by atoms with Crippen molar-refractivity contribution in [3.63, 3.8) is 0 Å². The number of alkyl halides is 3. The number of aliphatic carboxylic acids is 1. The second-order valence-corrected chi connectivity index (χ2v) is 11.6. The molecule has 3 aliphatic heterocycles. The predicted molar refractivity (Wildman–Crippen MR) is 147 cm³/mol. The summed E-state index contributed by atoms with van der Waals surface area (Å²) in [7, 11) is 0. The number of hydrogen-bond donors (Lipinski definition) is 4. The lowest BCUT2D eigenvalue weighted by atomic mass is 9.99. The van der Waals surface area contributed by atoms with Crippen LogP contribution < -0.4 is 4.90 Å². The largest absolute Gasteiger partial charge is 0.479 e. The topological polar surface area (TPSA) is 126 Å². The van der Waals surface area contributed by atoms with Crippen molar-refractivity contribution in [2.24, 2.45) is 0 Å². The standard InChI is InChI=1S/C28H34F3N3O7S/c29-28(30,31)17-6-7-21-19(16-17)34(18-4-1-2-5-20(18)42-21)9-3-8-32-10-12-33(13-11-32)14-15-40-27-24(37)22(35)23(36)25(41-27)26(38)39/h1-2,4-7,16,22-25,27,35-37H,3,8-15H2,(H,38,39)/t22-,23-,24+,25-,27+/m1/s1. The van der Waals surface area contributed by atoms with Gasteiger partial charge in [0.2, 0.25) is 0 Å². The summed E-state index contributed by atoms with van der Waals surface area (Å²) in [5.74, 6) is -1.46. The van der Waals surface area contributed by atoms with Crippen LogP contribution in [0.3, 0.4) is 0 Å². The van der Waals surface area contributed by atoms with E-state index in [-0.39, 0.29) is 6.61 Å². The molecular weight excluding hydrogens is 579 g/mol. The second kappa shape index (κ2) is 13.1. The first-order valence-electron chi connectivity index (χ1n) is 13.8. The summed E-state index contributed by atoms with van der Waals surface area (Å²) in [6.07, 6.45) is -11.8. The highest BCUT2D eigenvalue weighted by molar-refractivity contribution is 7.99. The number of para-hydroxylation sites is 1. The van der Waals surface area contributed by atoms with Gasteiger partial charge in [0.15, 0.2) is 12.4 Å². The van der Waals surface area contributed by atoms with E-state index in [2.05, 4.69) is 9.80 Å². The van der Waals surface area contributed by atoms with Crippen LogP contribution in [0.1, 0.15) is 12.0 Å². The smallest absolute Gasteiger partial charge is 0.416 e. The summed E-state index contributed by atoms with van der Waals surface area (Å²) in [4.78, 5) is 19.5. The van der Waals surface area contributed by atoms with Crippen molar-refractivity contribution >= 4 is 29.1 Å². The summed E-state index contributed by atoms with van der Waals surface area (Å²) in [5, 5.41) is 38.9. The Balaban J connectivity index is 1.09. The normalized spacial score (nSPS) is 27.0. The van der Waals surface area contributed by atoms with Crippen molar-refractivity contribution in [3.05, 3.63) is 48.0 Å². The third-order valence-electron chi connectivity index (χ3n) is 7.78. The van der Waals surface area contributed by atoms with Crippen LogP contribution in [0.4, 0.5) is 24.5 Å². The van der Waals surface area contributed by atoms with Gasteiger partial charge in [0.25, 0.3) is 0 Å². The van der Waals surface area contributed by atoms with E-state index in [4.69, 9.17) is 14.6 Å². The molecule has 2 fully saturated rings. The maximum absolute atomic E-state index is 13.5. The number of rotatable bonds is 9. The Morgan fingerprint density at radius 3 is 2.26 bits per heavy atom. The van der Waals surface area contributed by atoms with Gasteiger partial charge in [-0.1, -0.05) is 23.9 Å². The Kier molecular flexibility index (Phi) is 9.64. The maximum Gasteiger partial charge on any atom is 0.416 e. The molecule has 0 radical (unpaired) electrons. The highest BCUT2D eigenvalue weighted by atomic mass is 32.2. The maximum atomic E-state index is 13.5. The molecule has 2 aromatic carbocycles. The first kappa shape index (κ1) is 31.0. The van der Waals surface area contributed by atoms with E-state index in [1.54, 1.807) is 6.07 Å². The Labute approximate surface area is 245 Å². The van der Waals surface area contributed by atoms with E-state index >= 15 is 0 Å². The molecule has 5 atom stereocenters. The van der Waals surface area contributed by atoms with E-state index in [0.717, 1.165) is 60.7 Å². The van der Waals surface area contributed by atoms with Crippen molar-refractivity contribution in [2.45, 2.75) is 53.1 Å². The van der Waals surface area contributed by atoms with Crippen LogP contribution in [0, 0.1) is 0 Å². The van der Waals surface area contributed by atoms with Crippen LogP contribution in [0.2, 0.25) is 0 Å². The van der Waals surface area contributed by atoms with Crippen molar-refractivity contribution < 1.29 is 47.9 Å². The number of anilines is 2.